The van der Waals surface area contributed by atoms with Gasteiger partial charge in [-0.15, -0.1) is 0 Å². The lowest BCUT2D eigenvalue weighted by atomic mass is 10.2. The molecular weight excluding hydrogens is 172 g/mol. The Balaban J connectivity index is 3.52. The zero-order valence-electron chi connectivity index (χ0n) is 10.6. The molecular formula is C12H28N2. The molecule has 0 bridgehead atoms. The van der Waals surface area contributed by atoms with Gasteiger partial charge in [0.1, 0.15) is 0 Å². The normalized spacial score (nSPS) is 12.0. The molecule has 0 aliphatic rings. The third-order valence-corrected chi connectivity index (χ3v) is 2.58. The van der Waals surface area contributed by atoms with E-state index in [2.05, 4.69) is 44.8 Å². The van der Waals surface area contributed by atoms with Crippen molar-refractivity contribution in [2.24, 2.45) is 0 Å². The van der Waals surface area contributed by atoms with E-state index < -0.39 is 0 Å². The number of rotatable bonds is 8. The smallest absolute Gasteiger partial charge is 0.0112 e. The second-order valence-electron chi connectivity index (χ2n) is 4.53. The minimum Gasteiger partial charge on any atom is -0.315 e. The van der Waals surface area contributed by atoms with Crippen molar-refractivity contribution in [3.63, 3.8) is 0 Å². The van der Waals surface area contributed by atoms with Crippen LogP contribution >= 0.6 is 0 Å². The average Bonchev–Trinajstić information content (AvgIpc) is 2.09. The maximum Gasteiger partial charge on any atom is 0.0112 e. The Morgan fingerprint density at radius 3 is 2.00 bits per heavy atom. The second kappa shape index (κ2) is 8.25. The standard InChI is InChI=1S/C12H28N2/c1-6-7-8-13-9-10-14(11(2)3)12(4)5/h11-13H,6-10H2,1-5H3. The van der Waals surface area contributed by atoms with Gasteiger partial charge in [0.2, 0.25) is 0 Å². The average molecular weight is 200 g/mol. The molecule has 14 heavy (non-hydrogen) atoms. The van der Waals surface area contributed by atoms with Crippen LogP contribution in [0.5, 0.6) is 0 Å². The summed E-state index contributed by atoms with van der Waals surface area (Å²) in [6, 6.07) is 1.31. The SMILES string of the molecule is CCCCNCCN(C(C)C)C(C)C. The van der Waals surface area contributed by atoms with Crippen LogP contribution in [0.2, 0.25) is 0 Å². The number of hydrogen-bond donors (Lipinski definition) is 1. The van der Waals surface area contributed by atoms with Crippen molar-refractivity contribution in [2.45, 2.75) is 59.5 Å². The van der Waals surface area contributed by atoms with Gasteiger partial charge in [0.15, 0.2) is 0 Å². The summed E-state index contributed by atoms with van der Waals surface area (Å²) in [5.74, 6) is 0. The highest BCUT2D eigenvalue weighted by molar-refractivity contribution is 4.68. The van der Waals surface area contributed by atoms with E-state index in [9.17, 15) is 0 Å². The minimum atomic E-state index is 0.656. The van der Waals surface area contributed by atoms with Crippen molar-refractivity contribution in [1.82, 2.24) is 10.2 Å². The first-order valence-electron chi connectivity index (χ1n) is 6.06. The highest BCUT2D eigenvalue weighted by Crippen LogP contribution is 2.03. The molecule has 2 heteroatoms. The van der Waals surface area contributed by atoms with Crippen molar-refractivity contribution >= 4 is 0 Å². The first-order valence-corrected chi connectivity index (χ1v) is 6.06. The summed E-state index contributed by atoms with van der Waals surface area (Å²) in [6.45, 7) is 14.8. The zero-order valence-corrected chi connectivity index (χ0v) is 10.6. The molecule has 0 aliphatic heterocycles. The van der Waals surface area contributed by atoms with Crippen LogP contribution in [0.3, 0.4) is 0 Å². The van der Waals surface area contributed by atoms with Gasteiger partial charge in [-0.05, 0) is 40.7 Å². The number of nitrogens with zero attached hydrogens (tertiary/aromatic N) is 1. The van der Waals surface area contributed by atoms with E-state index in [-0.39, 0.29) is 0 Å². The molecule has 0 aliphatic carbocycles. The van der Waals surface area contributed by atoms with Crippen LogP contribution in [0.25, 0.3) is 0 Å². The Kier molecular flexibility index (Phi) is 8.20. The van der Waals surface area contributed by atoms with Crippen LogP contribution < -0.4 is 5.32 Å². The van der Waals surface area contributed by atoms with Gasteiger partial charge in [-0.3, -0.25) is 4.90 Å². The first kappa shape index (κ1) is 13.9. The molecule has 0 spiro atoms. The summed E-state index contributed by atoms with van der Waals surface area (Å²) >= 11 is 0. The molecule has 2 nitrogen and oxygen atoms in total. The van der Waals surface area contributed by atoms with Crippen LogP contribution in [0.1, 0.15) is 47.5 Å². The lowest BCUT2D eigenvalue weighted by Gasteiger charge is -2.30. The van der Waals surface area contributed by atoms with E-state index in [0.29, 0.717) is 12.1 Å². The quantitative estimate of drug-likeness (QED) is 0.606. The first-order chi connectivity index (χ1) is 6.59. The van der Waals surface area contributed by atoms with Gasteiger partial charge >= 0.3 is 0 Å². The van der Waals surface area contributed by atoms with Crippen molar-refractivity contribution in [2.75, 3.05) is 19.6 Å². The van der Waals surface area contributed by atoms with Crippen LogP contribution in [-0.2, 0) is 0 Å². The maximum absolute atomic E-state index is 3.48. The minimum absolute atomic E-state index is 0.656. The van der Waals surface area contributed by atoms with E-state index in [1.807, 2.05) is 0 Å². The fourth-order valence-electron chi connectivity index (χ4n) is 1.75. The largest absolute Gasteiger partial charge is 0.315 e. The molecule has 0 saturated carbocycles. The molecule has 0 aromatic heterocycles. The highest BCUT2D eigenvalue weighted by Gasteiger charge is 2.11. The third-order valence-electron chi connectivity index (χ3n) is 2.58. The van der Waals surface area contributed by atoms with Crippen molar-refractivity contribution in [1.29, 1.82) is 0 Å². The zero-order chi connectivity index (χ0) is 11.0. The summed E-state index contributed by atoms with van der Waals surface area (Å²) < 4.78 is 0. The molecule has 0 aromatic rings. The molecule has 86 valence electrons. The Hall–Kier alpha value is -0.0800. The summed E-state index contributed by atoms with van der Waals surface area (Å²) in [4.78, 5) is 2.53. The molecule has 0 amide bonds. The number of hydrogen-bond acceptors (Lipinski definition) is 2. The lowest BCUT2D eigenvalue weighted by molar-refractivity contribution is 0.176. The van der Waals surface area contributed by atoms with Crippen LogP contribution in [-0.4, -0.2) is 36.6 Å². The Bertz CT molecular complexity index is 113. The van der Waals surface area contributed by atoms with Gasteiger partial charge in [0.05, 0.1) is 0 Å². The monoisotopic (exact) mass is 200 g/mol. The molecule has 1 N–H and O–H groups in total. The van der Waals surface area contributed by atoms with Gasteiger partial charge in [0, 0.05) is 25.2 Å². The topological polar surface area (TPSA) is 15.3 Å². The fourth-order valence-corrected chi connectivity index (χ4v) is 1.75. The third kappa shape index (κ3) is 6.39. The van der Waals surface area contributed by atoms with Gasteiger partial charge in [-0.1, -0.05) is 13.3 Å². The predicted molar refractivity (Wildman–Crippen MR) is 64.8 cm³/mol. The number of unbranched alkanes of at least 4 members (excludes halogenated alkanes) is 1. The van der Waals surface area contributed by atoms with Gasteiger partial charge in [0.25, 0.3) is 0 Å². The molecule has 0 unspecified atom stereocenters. The Morgan fingerprint density at radius 2 is 1.57 bits per heavy atom. The molecule has 0 atom stereocenters. The van der Waals surface area contributed by atoms with E-state index >= 15 is 0 Å². The lowest BCUT2D eigenvalue weighted by Crippen LogP contribution is -2.41. The number of nitrogens with one attached hydrogen (secondary N) is 1. The van der Waals surface area contributed by atoms with Gasteiger partial charge < -0.3 is 5.32 Å². The van der Waals surface area contributed by atoms with E-state index in [1.54, 1.807) is 0 Å². The molecule has 0 radical (unpaired) electrons. The Morgan fingerprint density at radius 1 is 1.00 bits per heavy atom. The van der Waals surface area contributed by atoms with Crippen molar-refractivity contribution in [3.05, 3.63) is 0 Å². The summed E-state index contributed by atoms with van der Waals surface area (Å²) in [6.07, 6.45) is 2.58. The molecule has 0 rings (SSSR count). The van der Waals surface area contributed by atoms with Crippen LogP contribution in [0.4, 0.5) is 0 Å². The molecule has 0 saturated heterocycles. The maximum atomic E-state index is 3.48. The molecule has 0 aromatic carbocycles. The predicted octanol–water partition coefficient (Wildman–Crippen LogP) is 2.49. The van der Waals surface area contributed by atoms with Crippen LogP contribution in [0, 0.1) is 0 Å². The fraction of sp³-hybridized carbons (Fsp3) is 1.00. The highest BCUT2D eigenvalue weighted by atomic mass is 15.2. The summed E-state index contributed by atoms with van der Waals surface area (Å²) in [5, 5.41) is 3.48. The van der Waals surface area contributed by atoms with E-state index in [0.717, 1.165) is 6.54 Å². The van der Waals surface area contributed by atoms with Crippen LogP contribution in [0.15, 0.2) is 0 Å². The van der Waals surface area contributed by atoms with E-state index in [4.69, 9.17) is 0 Å². The van der Waals surface area contributed by atoms with Crippen molar-refractivity contribution in [3.8, 4) is 0 Å². The Labute approximate surface area is 90.1 Å². The van der Waals surface area contributed by atoms with Crippen molar-refractivity contribution < 1.29 is 0 Å². The second-order valence-corrected chi connectivity index (χ2v) is 4.53. The van der Waals surface area contributed by atoms with Gasteiger partial charge in [-0.25, -0.2) is 0 Å². The molecule has 0 heterocycles. The van der Waals surface area contributed by atoms with Gasteiger partial charge in [-0.2, -0.15) is 0 Å². The molecule has 0 fully saturated rings. The summed E-state index contributed by atoms with van der Waals surface area (Å²) in [7, 11) is 0. The summed E-state index contributed by atoms with van der Waals surface area (Å²) in [5.41, 5.74) is 0. The van der Waals surface area contributed by atoms with E-state index in [1.165, 1.54) is 25.9 Å².